The van der Waals surface area contributed by atoms with Crippen molar-refractivity contribution in [3.63, 3.8) is 0 Å². The van der Waals surface area contributed by atoms with Crippen molar-refractivity contribution in [1.82, 2.24) is 0 Å². The van der Waals surface area contributed by atoms with Gasteiger partial charge in [0.25, 0.3) is 0 Å². The quantitative estimate of drug-likeness (QED) is 0.166. The molecule has 0 saturated heterocycles. The molecule has 0 bridgehead atoms. The highest BCUT2D eigenvalue weighted by Crippen LogP contribution is 2.41. The van der Waals surface area contributed by atoms with E-state index in [1.54, 1.807) is 0 Å². The van der Waals surface area contributed by atoms with Crippen molar-refractivity contribution in [2.75, 3.05) is 0 Å². The van der Waals surface area contributed by atoms with Gasteiger partial charge in [0.1, 0.15) is 22.5 Å². The summed E-state index contributed by atoms with van der Waals surface area (Å²) in [5, 5.41) is 5.35. The molecular formula is C52H40O2. The summed E-state index contributed by atoms with van der Waals surface area (Å²) in [5.41, 5.74) is 13.0. The minimum absolute atomic E-state index is 0.774. The standard InChI is InChI=1S/C52H40O2/c1-34(37-19-7-6-8-20-37)39-24-12-13-25-40(39)35(2)41-22-9-4-5-10-23-42(44-27-15-14-26-43(41)44)36(3)46-32-47-45-28-16-18-30-50(45)54-52(47)33-48(46)51-31-38-21-11-17-29-49(38)53-51/h6-7,9-19,21-33H,1-5,8,20H2/b22-9+,23-10+,43-41+,44-42+. The van der Waals surface area contributed by atoms with Crippen LogP contribution in [0.25, 0.3) is 72.1 Å². The van der Waals surface area contributed by atoms with Crippen LogP contribution in [0.15, 0.2) is 192 Å². The molecule has 0 saturated carbocycles. The minimum Gasteiger partial charge on any atom is -0.456 e. The Bertz CT molecular complexity index is 2890. The number of rotatable bonds is 7. The van der Waals surface area contributed by atoms with Crippen LogP contribution in [0, 0.1) is 0 Å². The third kappa shape index (κ3) is 5.96. The van der Waals surface area contributed by atoms with Crippen molar-refractivity contribution in [1.29, 1.82) is 0 Å². The maximum absolute atomic E-state index is 6.53. The lowest BCUT2D eigenvalue weighted by Gasteiger charge is -2.19. The molecule has 260 valence electrons. The van der Waals surface area contributed by atoms with Gasteiger partial charge in [0.05, 0.1) is 0 Å². The van der Waals surface area contributed by atoms with Crippen LogP contribution in [0.2, 0.25) is 0 Å². The zero-order chi connectivity index (χ0) is 36.6. The van der Waals surface area contributed by atoms with Gasteiger partial charge in [0, 0.05) is 21.7 Å². The molecular weight excluding hydrogens is 657 g/mol. The number of hydrogen-bond donors (Lipinski definition) is 0. The topological polar surface area (TPSA) is 26.3 Å². The van der Waals surface area contributed by atoms with Crippen molar-refractivity contribution in [2.45, 2.75) is 25.7 Å². The van der Waals surface area contributed by atoms with Crippen LogP contribution in [0.3, 0.4) is 0 Å². The first kappa shape index (κ1) is 33.2. The molecule has 0 unspecified atom stereocenters. The molecule has 2 aromatic heterocycles. The first-order valence-corrected chi connectivity index (χ1v) is 18.7. The molecule has 0 aliphatic heterocycles. The van der Waals surface area contributed by atoms with E-state index in [0.29, 0.717) is 0 Å². The van der Waals surface area contributed by atoms with Crippen LogP contribution in [0.5, 0.6) is 0 Å². The number of hydrogen-bond acceptors (Lipinski definition) is 2. The highest BCUT2D eigenvalue weighted by Gasteiger charge is 2.20. The van der Waals surface area contributed by atoms with E-state index >= 15 is 0 Å². The fourth-order valence-corrected chi connectivity index (χ4v) is 7.92. The summed E-state index contributed by atoms with van der Waals surface area (Å²) < 4.78 is 12.9. The highest BCUT2D eigenvalue weighted by atomic mass is 16.3. The lowest BCUT2D eigenvalue weighted by molar-refractivity contribution is 0.630. The predicted molar refractivity (Wildman–Crippen MR) is 229 cm³/mol. The van der Waals surface area contributed by atoms with Crippen LogP contribution in [0.4, 0.5) is 0 Å². The molecule has 2 aliphatic carbocycles. The Labute approximate surface area is 315 Å². The number of furan rings is 2. The number of benzene rings is 5. The van der Waals surface area contributed by atoms with Gasteiger partial charge in [-0.3, -0.25) is 0 Å². The average Bonchev–Trinajstić information content (AvgIpc) is 3.83. The van der Waals surface area contributed by atoms with Crippen LogP contribution < -0.4 is 10.4 Å². The predicted octanol–water partition coefficient (Wildman–Crippen LogP) is 12.9. The zero-order valence-corrected chi connectivity index (χ0v) is 30.3. The fourth-order valence-electron chi connectivity index (χ4n) is 7.92. The summed E-state index contributed by atoms with van der Waals surface area (Å²) >= 11 is 0. The Balaban J connectivity index is 1.28. The SMILES string of the molecule is C=C(C1=CC=CCC1)c1ccccc1C(=C)C1=c2\cccc\c2=C(C(=C)c2cc3c(cc2-c2cc4ccccc4o2)oc2ccccc23)\C=C\CC\C=C\1. The Morgan fingerprint density at radius 3 is 1.83 bits per heavy atom. The molecule has 2 heteroatoms. The molecule has 0 fully saturated rings. The second kappa shape index (κ2) is 14.1. The summed E-state index contributed by atoms with van der Waals surface area (Å²) in [7, 11) is 0. The lowest BCUT2D eigenvalue weighted by Crippen LogP contribution is -2.29. The number of fused-ring (bicyclic) bond motifs is 5. The Hall–Kier alpha value is -6.64. The molecule has 0 radical (unpaired) electrons. The normalized spacial score (nSPS) is 17.6. The summed E-state index contributed by atoms with van der Waals surface area (Å²) in [4.78, 5) is 0. The van der Waals surface area contributed by atoms with Gasteiger partial charge in [-0.25, -0.2) is 0 Å². The van der Waals surface area contributed by atoms with E-state index in [9.17, 15) is 0 Å². The van der Waals surface area contributed by atoms with Crippen molar-refractivity contribution < 1.29 is 8.83 Å². The molecule has 5 aromatic carbocycles. The Morgan fingerprint density at radius 1 is 0.500 bits per heavy atom. The molecule has 0 amide bonds. The number of allylic oxidation sites excluding steroid dienone is 11. The molecule has 0 spiro atoms. The van der Waals surface area contributed by atoms with Gasteiger partial charge in [0.15, 0.2) is 0 Å². The lowest BCUT2D eigenvalue weighted by atomic mass is 9.85. The molecule has 2 nitrogen and oxygen atoms in total. The summed E-state index contributed by atoms with van der Waals surface area (Å²) in [6.45, 7) is 14.2. The molecule has 0 N–H and O–H groups in total. The summed E-state index contributed by atoms with van der Waals surface area (Å²) in [6, 6.07) is 40.0. The van der Waals surface area contributed by atoms with E-state index in [0.717, 1.165) is 125 Å². The monoisotopic (exact) mass is 696 g/mol. The molecule has 2 heterocycles. The van der Waals surface area contributed by atoms with Gasteiger partial charge in [-0.15, -0.1) is 0 Å². The van der Waals surface area contributed by atoms with E-state index < -0.39 is 0 Å². The van der Waals surface area contributed by atoms with E-state index in [1.165, 1.54) is 5.57 Å². The summed E-state index contributed by atoms with van der Waals surface area (Å²) in [6.07, 6.45) is 19.4. The maximum Gasteiger partial charge on any atom is 0.136 e. The van der Waals surface area contributed by atoms with Crippen LogP contribution in [-0.2, 0) is 0 Å². The second-order valence-electron chi connectivity index (χ2n) is 14.0. The highest BCUT2D eigenvalue weighted by molar-refractivity contribution is 6.12. The van der Waals surface area contributed by atoms with Crippen LogP contribution >= 0.6 is 0 Å². The average molecular weight is 697 g/mol. The third-order valence-electron chi connectivity index (χ3n) is 10.7. The maximum atomic E-state index is 6.53. The van der Waals surface area contributed by atoms with E-state index in [2.05, 4.69) is 134 Å². The molecule has 0 atom stereocenters. The van der Waals surface area contributed by atoms with Gasteiger partial charge in [0.2, 0.25) is 0 Å². The molecule has 2 aliphatic rings. The van der Waals surface area contributed by atoms with Gasteiger partial charge in [-0.2, -0.15) is 0 Å². The second-order valence-corrected chi connectivity index (χ2v) is 14.0. The Morgan fingerprint density at radius 2 is 1.13 bits per heavy atom. The number of para-hydroxylation sites is 2. The first-order valence-electron chi connectivity index (χ1n) is 18.7. The van der Waals surface area contributed by atoms with Gasteiger partial charge in [-0.05, 0) is 117 Å². The zero-order valence-electron chi connectivity index (χ0n) is 30.3. The third-order valence-corrected chi connectivity index (χ3v) is 10.7. The van der Waals surface area contributed by atoms with Crippen molar-refractivity contribution in [3.8, 4) is 11.3 Å². The fraction of sp³-hybridized carbons (Fsp3) is 0.0769. The van der Waals surface area contributed by atoms with E-state index in [-0.39, 0.29) is 0 Å². The van der Waals surface area contributed by atoms with Crippen LogP contribution in [0.1, 0.15) is 42.4 Å². The molecule has 54 heavy (non-hydrogen) atoms. The first-order chi connectivity index (χ1) is 26.5. The van der Waals surface area contributed by atoms with Crippen LogP contribution in [-0.4, -0.2) is 0 Å². The van der Waals surface area contributed by atoms with Gasteiger partial charge >= 0.3 is 0 Å². The van der Waals surface area contributed by atoms with Gasteiger partial charge in [-0.1, -0.05) is 147 Å². The Kier molecular flexibility index (Phi) is 8.65. The minimum atomic E-state index is 0.774. The van der Waals surface area contributed by atoms with E-state index in [4.69, 9.17) is 22.0 Å². The van der Waals surface area contributed by atoms with Crippen molar-refractivity contribution >= 4 is 60.8 Å². The smallest absolute Gasteiger partial charge is 0.136 e. The van der Waals surface area contributed by atoms with Gasteiger partial charge < -0.3 is 8.83 Å². The summed E-state index contributed by atoms with van der Waals surface area (Å²) in [5.74, 6) is 0.774. The van der Waals surface area contributed by atoms with Crippen molar-refractivity contribution in [3.05, 3.63) is 210 Å². The van der Waals surface area contributed by atoms with Crippen molar-refractivity contribution in [2.24, 2.45) is 0 Å². The molecule has 7 aromatic rings. The largest absolute Gasteiger partial charge is 0.456 e. The van der Waals surface area contributed by atoms with E-state index in [1.807, 2.05) is 30.3 Å². The molecule has 9 rings (SSSR count).